The summed E-state index contributed by atoms with van der Waals surface area (Å²) < 4.78 is 10.3. The zero-order valence-corrected chi connectivity index (χ0v) is 20.2. The van der Waals surface area contributed by atoms with Crippen molar-refractivity contribution in [2.45, 2.75) is 6.92 Å². The van der Waals surface area contributed by atoms with E-state index in [2.05, 4.69) is 5.32 Å². The molecule has 37 heavy (non-hydrogen) atoms. The molecule has 3 aromatic carbocycles. The van der Waals surface area contributed by atoms with Gasteiger partial charge in [-0.05, 0) is 67.6 Å². The minimum absolute atomic E-state index is 0.0421. The van der Waals surface area contributed by atoms with Gasteiger partial charge in [-0.2, -0.15) is 0 Å². The van der Waals surface area contributed by atoms with E-state index in [9.17, 15) is 24.0 Å². The van der Waals surface area contributed by atoms with Crippen molar-refractivity contribution in [2.24, 2.45) is 0 Å². The molecule has 9 nitrogen and oxygen atoms in total. The lowest BCUT2D eigenvalue weighted by atomic mass is 10.1. The van der Waals surface area contributed by atoms with Crippen molar-refractivity contribution in [1.82, 2.24) is 0 Å². The van der Waals surface area contributed by atoms with Gasteiger partial charge in [0.15, 0.2) is 0 Å². The van der Waals surface area contributed by atoms with E-state index < -0.39 is 23.8 Å². The number of rotatable bonds is 8. The van der Waals surface area contributed by atoms with Crippen molar-refractivity contribution in [2.75, 3.05) is 16.8 Å². The molecule has 0 bridgehead atoms. The van der Waals surface area contributed by atoms with E-state index in [4.69, 9.17) is 21.1 Å². The quantitative estimate of drug-likeness (QED) is 0.202. The van der Waals surface area contributed by atoms with Gasteiger partial charge in [0.2, 0.25) is 0 Å². The lowest BCUT2D eigenvalue weighted by Crippen LogP contribution is -2.33. The van der Waals surface area contributed by atoms with Crippen LogP contribution in [-0.2, 0) is 14.3 Å². The van der Waals surface area contributed by atoms with Crippen LogP contribution in [0.5, 0.6) is 5.75 Å². The number of aldehydes is 1. The van der Waals surface area contributed by atoms with E-state index in [1.54, 1.807) is 19.1 Å². The largest absolute Gasteiger partial charge is 0.462 e. The van der Waals surface area contributed by atoms with Gasteiger partial charge in [0, 0.05) is 11.3 Å². The minimum Gasteiger partial charge on any atom is -0.462 e. The van der Waals surface area contributed by atoms with Crippen molar-refractivity contribution >= 4 is 53.0 Å². The molecule has 0 saturated heterocycles. The number of amides is 2. The first-order chi connectivity index (χ1) is 17.8. The molecular formula is C27H19ClN2O7. The molecule has 1 N–H and O–H groups in total. The Hall–Kier alpha value is -4.76. The highest BCUT2D eigenvalue weighted by Gasteiger charge is 2.40. The van der Waals surface area contributed by atoms with Crippen LogP contribution in [0.4, 0.5) is 11.4 Å². The maximum atomic E-state index is 13.1. The summed E-state index contributed by atoms with van der Waals surface area (Å²) in [5.74, 6) is -2.59. The van der Waals surface area contributed by atoms with E-state index in [-0.39, 0.29) is 39.9 Å². The minimum atomic E-state index is -0.799. The molecule has 2 amide bonds. The monoisotopic (exact) mass is 518 g/mol. The number of nitrogens with one attached hydrogen (secondary N) is 1. The van der Waals surface area contributed by atoms with E-state index in [1.807, 2.05) is 0 Å². The van der Waals surface area contributed by atoms with Crippen LogP contribution in [0.25, 0.3) is 0 Å². The molecule has 1 aliphatic heterocycles. The Labute approximate surface area is 216 Å². The Morgan fingerprint density at radius 3 is 2.24 bits per heavy atom. The lowest BCUT2D eigenvalue weighted by molar-refractivity contribution is -0.120. The first kappa shape index (κ1) is 25.3. The van der Waals surface area contributed by atoms with Crippen molar-refractivity contribution in [3.8, 4) is 5.75 Å². The van der Waals surface area contributed by atoms with Crippen LogP contribution < -0.4 is 15.0 Å². The predicted octanol–water partition coefficient (Wildman–Crippen LogP) is 4.33. The number of benzene rings is 3. The van der Waals surface area contributed by atoms with Crippen LogP contribution in [0.3, 0.4) is 0 Å². The SMILES string of the molecule is CCOC(=O)c1ccccc1N1C(=O)C(Cl)=C(Nc2ccc(C(=O)Oc3ccc(C=O)cc3)cc2)C1=O. The van der Waals surface area contributed by atoms with Gasteiger partial charge in [-0.3, -0.25) is 14.4 Å². The third-order valence-electron chi connectivity index (χ3n) is 5.28. The summed E-state index contributed by atoms with van der Waals surface area (Å²) in [5.41, 5.74) is 0.957. The highest BCUT2D eigenvalue weighted by Crippen LogP contribution is 2.32. The van der Waals surface area contributed by atoms with Crippen molar-refractivity contribution in [1.29, 1.82) is 0 Å². The van der Waals surface area contributed by atoms with Gasteiger partial charge in [-0.25, -0.2) is 14.5 Å². The fraction of sp³-hybridized carbons (Fsp3) is 0.0741. The van der Waals surface area contributed by atoms with Crippen LogP contribution in [0.15, 0.2) is 83.5 Å². The zero-order valence-electron chi connectivity index (χ0n) is 19.4. The highest BCUT2D eigenvalue weighted by atomic mass is 35.5. The molecule has 0 unspecified atom stereocenters. The Kier molecular flexibility index (Phi) is 7.45. The molecule has 0 atom stereocenters. The standard InChI is InChI=1S/C27H19ClN2O7/c1-2-36-27(35)20-5-3-4-6-21(20)30-24(32)22(28)23(25(30)33)29-18-11-9-17(10-12-18)26(34)37-19-13-7-16(15-31)8-14-19/h3-15,29H,2H2,1H3. The predicted molar refractivity (Wildman–Crippen MR) is 135 cm³/mol. The fourth-order valence-electron chi connectivity index (χ4n) is 3.49. The molecule has 10 heteroatoms. The molecule has 0 saturated carbocycles. The second-order valence-corrected chi connectivity index (χ2v) is 8.03. The number of hydrogen-bond donors (Lipinski definition) is 1. The van der Waals surface area contributed by atoms with Crippen molar-refractivity contribution in [3.05, 3.63) is 100 Å². The molecule has 3 aromatic rings. The normalized spacial score (nSPS) is 13.0. The molecule has 0 aliphatic carbocycles. The van der Waals surface area contributed by atoms with Crippen LogP contribution in [0.1, 0.15) is 38.0 Å². The number of halogens is 1. The topological polar surface area (TPSA) is 119 Å². The van der Waals surface area contributed by atoms with Crippen LogP contribution in [0, 0.1) is 0 Å². The second kappa shape index (κ2) is 10.9. The smallest absolute Gasteiger partial charge is 0.343 e. The average molecular weight is 519 g/mol. The molecule has 1 aliphatic rings. The van der Waals surface area contributed by atoms with Gasteiger partial charge in [-0.1, -0.05) is 23.7 Å². The number of esters is 2. The molecule has 0 radical (unpaired) electrons. The van der Waals surface area contributed by atoms with Gasteiger partial charge in [0.25, 0.3) is 11.8 Å². The summed E-state index contributed by atoms with van der Waals surface area (Å²) in [4.78, 5) is 62.3. The van der Waals surface area contributed by atoms with Crippen LogP contribution >= 0.6 is 11.6 Å². The van der Waals surface area contributed by atoms with E-state index in [1.165, 1.54) is 60.7 Å². The summed E-state index contributed by atoms with van der Waals surface area (Å²) in [6.07, 6.45) is 0.681. The molecule has 0 spiro atoms. The van der Waals surface area contributed by atoms with Gasteiger partial charge >= 0.3 is 11.9 Å². The number of carbonyl (C=O) groups is 5. The molecule has 4 rings (SSSR count). The molecule has 0 fully saturated rings. The average Bonchev–Trinajstić information content (AvgIpc) is 3.12. The summed E-state index contributed by atoms with van der Waals surface area (Å²) in [6, 6.07) is 18.1. The Morgan fingerprint density at radius 2 is 1.59 bits per heavy atom. The van der Waals surface area contributed by atoms with E-state index in [0.717, 1.165) is 4.90 Å². The Bertz CT molecular complexity index is 1430. The molecule has 0 aromatic heterocycles. The zero-order chi connectivity index (χ0) is 26.5. The number of carbonyl (C=O) groups excluding carboxylic acids is 5. The van der Waals surface area contributed by atoms with Crippen molar-refractivity contribution in [3.63, 3.8) is 0 Å². The van der Waals surface area contributed by atoms with Gasteiger partial charge in [0.1, 0.15) is 22.8 Å². The number of ether oxygens (including phenoxy) is 2. The lowest BCUT2D eigenvalue weighted by Gasteiger charge is -2.18. The van der Waals surface area contributed by atoms with Gasteiger partial charge < -0.3 is 14.8 Å². The van der Waals surface area contributed by atoms with E-state index in [0.29, 0.717) is 17.5 Å². The van der Waals surface area contributed by atoms with Crippen LogP contribution in [-0.4, -0.2) is 36.6 Å². The summed E-state index contributed by atoms with van der Waals surface area (Å²) in [5, 5.41) is 2.45. The Balaban J connectivity index is 1.49. The number of anilines is 2. The number of nitrogens with zero attached hydrogens (tertiary/aromatic N) is 1. The Morgan fingerprint density at radius 1 is 0.919 bits per heavy atom. The maximum Gasteiger partial charge on any atom is 0.343 e. The first-order valence-electron chi connectivity index (χ1n) is 11.0. The second-order valence-electron chi connectivity index (χ2n) is 7.65. The molecular weight excluding hydrogens is 500 g/mol. The first-order valence-corrected chi connectivity index (χ1v) is 11.4. The summed E-state index contributed by atoms with van der Waals surface area (Å²) in [6.45, 7) is 1.76. The van der Waals surface area contributed by atoms with Crippen LogP contribution in [0.2, 0.25) is 0 Å². The number of para-hydroxylation sites is 1. The van der Waals surface area contributed by atoms with Gasteiger partial charge in [-0.15, -0.1) is 0 Å². The number of hydrogen-bond acceptors (Lipinski definition) is 8. The van der Waals surface area contributed by atoms with E-state index >= 15 is 0 Å². The highest BCUT2D eigenvalue weighted by molar-refractivity contribution is 6.53. The van der Waals surface area contributed by atoms with Crippen molar-refractivity contribution < 1.29 is 33.4 Å². The number of imide groups is 1. The molecule has 1 heterocycles. The van der Waals surface area contributed by atoms with Gasteiger partial charge in [0.05, 0.1) is 23.4 Å². The summed E-state index contributed by atoms with van der Waals surface area (Å²) >= 11 is 6.20. The molecule has 186 valence electrons. The maximum absolute atomic E-state index is 13.1. The summed E-state index contributed by atoms with van der Waals surface area (Å²) in [7, 11) is 0. The third kappa shape index (κ3) is 5.26. The third-order valence-corrected chi connectivity index (χ3v) is 5.63. The fourth-order valence-corrected chi connectivity index (χ4v) is 3.71.